The molecule has 0 unspecified atom stereocenters. The molecule has 8 nitrogen and oxygen atoms in total. The van der Waals surface area contributed by atoms with Crippen LogP contribution in [0.4, 0.5) is 0 Å². The van der Waals surface area contributed by atoms with Gasteiger partial charge in [-0.05, 0) is 30.2 Å². The van der Waals surface area contributed by atoms with E-state index in [1.165, 1.54) is 30.2 Å². The van der Waals surface area contributed by atoms with Crippen molar-refractivity contribution in [3.63, 3.8) is 0 Å². The summed E-state index contributed by atoms with van der Waals surface area (Å²) < 4.78 is 9.70. The van der Waals surface area contributed by atoms with Crippen LogP contribution in [0.15, 0.2) is 48.5 Å². The van der Waals surface area contributed by atoms with E-state index in [1.807, 2.05) is 30.3 Å². The number of rotatable bonds is 9. The van der Waals surface area contributed by atoms with Crippen molar-refractivity contribution in [1.82, 2.24) is 9.80 Å². The number of hydrogen-bond donors (Lipinski definition) is 0. The lowest BCUT2D eigenvalue weighted by Gasteiger charge is -2.22. The van der Waals surface area contributed by atoms with Crippen molar-refractivity contribution in [1.29, 1.82) is 0 Å². The Kier molecular flexibility index (Phi) is 7.15. The molecule has 31 heavy (non-hydrogen) atoms. The van der Waals surface area contributed by atoms with Crippen LogP contribution in [0.5, 0.6) is 0 Å². The Hall–Kier alpha value is -3.52. The van der Waals surface area contributed by atoms with Gasteiger partial charge in [0.15, 0.2) is 0 Å². The molecule has 8 heteroatoms. The van der Waals surface area contributed by atoms with Crippen LogP contribution in [0, 0.1) is 0 Å². The summed E-state index contributed by atoms with van der Waals surface area (Å²) in [4.78, 5) is 52.8. The molecule has 0 N–H and O–H groups in total. The molecule has 0 aromatic heterocycles. The Bertz CT molecular complexity index is 989. The third kappa shape index (κ3) is 4.97. The van der Waals surface area contributed by atoms with Crippen LogP contribution in [-0.2, 0) is 20.8 Å². The predicted octanol–water partition coefficient (Wildman–Crippen LogP) is 2.13. The van der Waals surface area contributed by atoms with E-state index in [-0.39, 0.29) is 42.2 Å². The lowest BCUT2D eigenvalue weighted by Crippen LogP contribution is -2.35. The molecule has 1 aliphatic heterocycles. The molecule has 0 bridgehead atoms. The van der Waals surface area contributed by atoms with E-state index in [4.69, 9.17) is 9.47 Å². The van der Waals surface area contributed by atoms with Gasteiger partial charge in [-0.1, -0.05) is 30.3 Å². The maximum atomic E-state index is 13.2. The maximum absolute atomic E-state index is 13.2. The van der Waals surface area contributed by atoms with Gasteiger partial charge in [0.1, 0.15) is 6.54 Å². The summed E-state index contributed by atoms with van der Waals surface area (Å²) in [6.45, 7) is 0.629. The van der Waals surface area contributed by atoms with Gasteiger partial charge in [0.25, 0.3) is 17.7 Å². The highest BCUT2D eigenvalue weighted by atomic mass is 16.5. The summed E-state index contributed by atoms with van der Waals surface area (Å²) in [5, 5.41) is 0. The van der Waals surface area contributed by atoms with Crippen molar-refractivity contribution in [2.75, 3.05) is 33.9 Å². The van der Waals surface area contributed by atoms with E-state index in [0.29, 0.717) is 13.0 Å². The van der Waals surface area contributed by atoms with E-state index in [9.17, 15) is 19.2 Å². The van der Waals surface area contributed by atoms with Crippen LogP contribution in [0.25, 0.3) is 0 Å². The Morgan fingerprint density at radius 3 is 2.35 bits per heavy atom. The van der Waals surface area contributed by atoms with Crippen molar-refractivity contribution in [3.05, 3.63) is 70.8 Å². The van der Waals surface area contributed by atoms with Crippen molar-refractivity contribution in [2.45, 2.75) is 13.0 Å². The molecular weight excluding hydrogens is 400 g/mol. The van der Waals surface area contributed by atoms with Crippen LogP contribution >= 0.6 is 0 Å². The van der Waals surface area contributed by atoms with Gasteiger partial charge in [-0.15, -0.1) is 0 Å². The summed E-state index contributed by atoms with van der Waals surface area (Å²) in [5.74, 6) is -1.81. The number of benzene rings is 2. The van der Waals surface area contributed by atoms with E-state index in [2.05, 4.69) is 0 Å². The summed E-state index contributed by atoms with van der Waals surface area (Å²) in [6, 6.07) is 13.6. The number of methoxy groups -OCH3 is 2. The van der Waals surface area contributed by atoms with Gasteiger partial charge in [-0.2, -0.15) is 0 Å². The van der Waals surface area contributed by atoms with Gasteiger partial charge >= 0.3 is 5.97 Å². The first-order valence-corrected chi connectivity index (χ1v) is 9.85. The topological polar surface area (TPSA) is 93.2 Å². The van der Waals surface area contributed by atoms with E-state index < -0.39 is 17.8 Å². The van der Waals surface area contributed by atoms with Gasteiger partial charge in [-0.25, -0.2) is 0 Å². The molecule has 0 saturated carbocycles. The number of imide groups is 1. The summed E-state index contributed by atoms with van der Waals surface area (Å²) >= 11 is 0. The summed E-state index contributed by atoms with van der Waals surface area (Å²) in [6.07, 6.45) is 0.526. The fraction of sp³-hybridized carbons (Fsp3) is 0.304. The Morgan fingerprint density at radius 1 is 0.968 bits per heavy atom. The number of esters is 1. The van der Waals surface area contributed by atoms with Crippen molar-refractivity contribution >= 4 is 23.7 Å². The minimum atomic E-state index is -0.555. The molecule has 0 fully saturated rings. The monoisotopic (exact) mass is 424 g/mol. The Morgan fingerprint density at radius 2 is 1.68 bits per heavy atom. The van der Waals surface area contributed by atoms with Crippen LogP contribution in [0.3, 0.4) is 0 Å². The first kappa shape index (κ1) is 22.2. The standard InChI is InChI=1S/C23H24N2O6/c1-30-12-6-11-25-22(28)18-10-9-17(13-19(18)23(25)29)21(27)24(15-20(26)31-2)14-16-7-4-3-5-8-16/h3-5,7-10,13H,6,11-12,14-15H2,1-2H3. The van der Waals surface area contributed by atoms with Crippen LogP contribution < -0.4 is 0 Å². The average molecular weight is 424 g/mol. The molecule has 1 aliphatic rings. The van der Waals surface area contributed by atoms with Crippen molar-refractivity contribution in [2.24, 2.45) is 0 Å². The smallest absolute Gasteiger partial charge is 0.325 e. The molecule has 0 spiro atoms. The highest BCUT2D eigenvalue weighted by Gasteiger charge is 2.36. The molecule has 0 atom stereocenters. The third-order valence-corrected chi connectivity index (χ3v) is 5.00. The van der Waals surface area contributed by atoms with Gasteiger partial charge in [0.05, 0.1) is 18.2 Å². The number of nitrogens with zero attached hydrogens (tertiary/aromatic N) is 2. The number of carbonyl (C=O) groups excluding carboxylic acids is 4. The van der Waals surface area contributed by atoms with Crippen molar-refractivity contribution in [3.8, 4) is 0 Å². The predicted molar refractivity (Wildman–Crippen MR) is 112 cm³/mol. The minimum absolute atomic E-state index is 0.186. The third-order valence-electron chi connectivity index (χ3n) is 5.00. The summed E-state index contributed by atoms with van der Waals surface area (Å²) in [5.41, 5.74) is 1.52. The largest absolute Gasteiger partial charge is 0.468 e. The van der Waals surface area contributed by atoms with Gasteiger partial charge in [0, 0.05) is 32.4 Å². The van der Waals surface area contributed by atoms with Crippen LogP contribution in [0.1, 0.15) is 43.1 Å². The SMILES string of the molecule is COCCCN1C(=O)c2ccc(C(=O)N(CC(=O)OC)Cc3ccccc3)cc2C1=O. The zero-order valence-corrected chi connectivity index (χ0v) is 17.5. The number of hydrogen-bond acceptors (Lipinski definition) is 6. The zero-order chi connectivity index (χ0) is 22.4. The second-order valence-electron chi connectivity index (χ2n) is 7.09. The molecule has 0 radical (unpaired) electrons. The Labute approximate surface area is 180 Å². The lowest BCUT2D eigenvalue weighted by atomic mass is 10.0. The van der Waals surface area contributed by atoms with E-state index in [0.717, 1.165) is 10.5 Å². The molecule has 0 aliphatic carbocycles. The van der Waals surface area contributed by atoms with Crippen LogP contribution in [-0.4, -0.2) is 67.4 Å². The number of fused-ring (bicyclic) bond motifs is 1. The summed E-state index contributed by atoms with van der Waals surface area (Å²) in [7, 11) is 2.81. The molecular formula is C23H24N2O6. The van der Waals surface area contributed by atoms with Gasteiger partial charge in [0.2, 0.25) is 0 Å². The van der Waals surface area contributed by atoms with Gasteiger partial charge < -0.3 is 14.4 Å². The zero-order valence-electron chi connectivity index (χ0n) is 17.5. The molecule has 2 aromatic rings. The quantitative estimate of drug-likeness (QED) is 0.348. The fourth-order valence-electron chi connectivity index (χ4n) is 3.40. The highest BCUT2D eigenvalue weighted by molar-refractivity contribution is 6.22. The minimum Gasteiger partial charge on any atom is -0.468 e. The van der Waals surface area contributed by atoms with E-state index >= 15 is 0 Å². The van der Waals surface area contributed by atoms with E-state index in [1.54, 1.807) is 7.11 Å². The van der Waals surface area contributed by atoms with Crippen LogP contribution in [0.2, 0.25) is 0 Å². The molecule has 3 amide bonds. The number of amides is 3. The average Bonchev–Trinajstić information content (AvgIpc) is 3.03. The molecule has 2 aromatic carbocycles. The first-order valence-electron chi connectivity index (χ1n) is 9.85. The molecule has 3 rings (SSSR count). The second-order valence-corrected chi connectivity index (χ2v) is 7.09. The first-order chi connectivity index (χ1) is 15.0. The fourth-order valence-corrected chi connectivity index (χ4v) is 3.40. The normalized spacial score (nSPS) is 12.6. The van der Waals surface area contributed by atoms with Crippen molar-refractivity contribution < 1.29 is 28.7 Å². The molecule has 162 valence electrons. The Balaban J connectivity index is 1.84. The highest BCUT2D eigenvalue weighted by Crippen LogP contribution is 2.25. The number of carbonyl (C=O) groups is 4. The maximum Gasteiger partial charge on any atom is 0.325 e. The van der Waals surface area contributed by atoms with Gasteiger partial charge in [-0.3, -0.25) is 24.1 Å². The number of ether oxygens (including phenoxy) is 2. The second kappa shape index (κ2) is 9.99. The lowest BCUT2D eigenvalue weighted by molar-refractivity contribution is -0.141. The molecule has 1 heterocycles. The molecule has 0 saturated heterocycles.